The van der Waals surface area contributed by atoms with E-state index < -0.39 is 36.1 Å². The molecule has 114 valence electrons. The Morgan fingerprint density at radius 3 is 2.25 bits per heavy atom. The van der Waals surface area contributed by atoms with E-state index in [1.54, 1.807) is 13.8 Å². The predicted octanol–water partition coefficient (Wildman–Crippen LogP) is 1.68. The van der Waals surface area contributed by atoms with E-state index in [1.165, 1.54) is 0 Å². The molecule has 0 atom stereocenters. The minimum Gasteiger partial charge on any atom is -0.224 e. The zero-order chi connectivity index (χ0) is 15.8. The first-order chi connectivity index (χ1) is 8.89. The highest BCUT2D eigenvalue weighted by atomic mass is 79.9. The van der Waals surface area contributed by atoms with Crippen LogP contribution in [-0.2, 0) is 19.9 Å². The fourth-order valence-electron chi connectivity index (χ4n) is 1.37. The second-order valence-corrected chi connectivity index (χ2v) is 9.21. The van der Waals surface area contributed by atoms with Crippen molar-refractivity contribution in [3.8, 4) is 0 Å². The van der Waals surface area contributed by atoms with E-state index in [1.807, 2.05) is 0 Å². The molecular weight excluding hydrogens is 373 g/mol. The maximum Gasteiger partial charge on any atom is 0.244 e. The minimum atomic E-state index is -4.16. The summed E-state index contributed by atoms with van der Waals surface area (Å²) in [7, 11) is -7.78. The van der Waals surface area contributed by atoms with Gasteiger partial charge < -0.3 is 0 Å². The number of alkyl halides is 1. The molecule has 5 nitrogen and oxygen atoms in total. The SMILES string of the molecule is CC(C)(CBr)NS(=O)(=O)c1cc(S(C)(=O)=O)ccc1F. The summed E-state index contributed by atoms with van der Waals surface area (Å²) in [6, 6.07) is 2.67. The highest BCUT2D eigenvalue weighted by Crippen LogP contribution is 2.21. The minimum absolute atomic E-state index is 0.254. The van der Waals surface area contributed by atoms with Crippen LogP contribution in [0.4, 0.5) is 4.39 Å². The van der Waals surface area contributed by atoms with Crippen molar-refractivity contribution in [3.05, 3.63) is 24.0 Å². The number of benzene rings is 1. The Kier molecular flexibility index (Phi) is 5.00. The summed E-state index contributed by atoms with van der Waals surface area (Å²) >= 11 is 3.14. The van der Waals surface area contributed by atoms with Gasteiger partial charge in [0.15, 0.2) is 9.84 Å². The first-order valence-corrected chi connectivity index (χ1v) is 9.98. The molecule has 0 aliphatic carbocycles. The van der Waals surface area contributed by atoms with Crippen molar-refractivity contribution in [2.24, 2.45) is 0 Å². The van der Waals surface area contributed by atoms with Gasteiger partial charge in [-0.2, -0.15) is 0 Å². The second kappa shape index (κ2) is 5.70. The second-order valence-electron chi connectivity index (χ2n) is 4.99. The topological polar surface area (TPSA) is 80.3 Å². The van der Waals surface area contributed by atoms with Gasteiger partial charge in [-0.25, -0.2) is 25.9 Å². The van der Waals surface area contributed by atoms with Crippen LogP contribution in [-0.4, -0.2) is 34.0 Å². The average Bonchev–Trinajstić information content (AvgIpc) is 2.26. The molecule has 1 aromatic carbocycles. The first kappa shape index (κ1) is 17.5. The summed E-state index contributed by atoms with van der Waals surface area (Å²) in [5, 5.41) is 0.312. The monoisotopic (exact) mass is 387 g/mol. The third-order valence-electron chi connectivity index (χ3n) is 2.37. The van der Waals surface area contributed by atoms with Gasteiger partial charge in [0.25, 0.3) is 0 Å². The van der Waals surface area contributed by atoms with E-state index in [-0.39, 0.29) is 4.90 Å². The standard InChI is InChI=1S/C11H15BrFNO4S2/c1-11(2,7-12)14-20(17,18)10-6-8(19(3,15)16)4-5-9(10)13/h4-6,14H,7H2,1-3H3. The summed E-state index contributed by atoms with van der Waals surface area (Å²) in [5.41, 5.74) is -0.841. The van der Waals surface area contributed by atoms with Gasteiger partial charge in [0.2, 0.25) is 10.0 Å². The van der Waals surface area contributed by atoms with Gasteiger partial charge in [-0.3, -0.25) is 0 Å². The average molecular weight is 388 g/mol. The Hall–Kier alpha value is -0.510. The molecule has 1 N–H and O–H groups in total. The Balaban J connectivity index is 3.39. The van der Waals surface area contributed by atoms with Crippen LogP contribution >= 0.6 is 15.9 Å². The number of rotatable bonds is 5. The molecule has 0 spiro atoms. The number of sulfone groups is 1. The maximum atomic E-state index is 13.7. The first-order valence-electron chi connectivity index (χ1n) is 5.49. The molecule has 0 aromatic heterocycles. The van der Waals surface area contributed by atoms with Crippen molar-refractivity contribution in [2.75, 3.05) is 11.6 Å². The van der Waals surface area contributed by atoms with Crippen LogP contribution < -0.4 is 4.72 Å². The quantitative estimate of drug-likeness (QED) is 0.615. The number of hydrogen-bond acceptors (Lipinski definition) is 4. The zero-order valence-corrected chi connectivity index (χ0v) is 14.4. The zero-order valence-electron chi connectivity index (χ0n) is 11.1. The summed E-state index contributed by atoms with van der Waals surface area (Å²) in [6.07, 6.45) is 0.923. The molecular formula is C11H15BrFNO4S2. The van der Waals surface area contributed by atoms with E-state index >= 15 is 0 Å². The molecule has 0 heterocycles. The fraction of sp³-hybridized carbons (Fsp3) is 0.455. The lowest BCUT2D eigenvalue weighted by Gasteiger charge is -2.23. The van der Waals surface area contributed by atoms with Crippen LogP contribution in [0.15, 0.2) is 28.0 Å². The maximum absolute atomic E-state index is 13.7. The fourth-order valence-corrected chi connectivity index (χ4v) is 3.93. The number of halogens is 2. The molecule has 0 aliphatic heterocycles. The van der Waals surface area contributed by atoms with Crippen LogP contribution in [0.25, 0.3) is 0 Å². The molecule has 0 radical (unpaired) electrons. The molecule has 0 fully saturated rings. The molecule has 0 bridgehead atoms. The summed E-state index contributed by atoms with van der Waals surface area (Å²) in [4.78, 5) is -0.939. The van der Waals surface area contributed by atoms with Crippen molar-refractivity contribution in [1.82, 2.24) is 4.72 Å². The van der Waals surface area contributed by atoms with Gasteiger partial charge in [0, 0.05) is 17.1 Å². The van der Waals surface area contributed by atoms with Gasteiger partial charge in [0.1, 0.15) is 10.7 Å². The predicted molar refractivity (Wildman–Crippen MR) is 77.7 cm³/mol. The normalized spacial score (nSPS) is 13.4. The van der Waals surface area contributed by atoms with E-state index in [4.69, 9.17) is 0 Å². The lowest BCUT2D eigenvalue weighted by molar-refractivity contribution is 0.494. The van der Waals surface area contributed by atoms with Crippen LogP contribution in [0.3, 0.4) is 0 Å². The Morgan fingerprint density at radius 1 is 1.25 bits per heavy atom. The summed E-state index contributed by atoms with van der Waals surface area (Å²) in [6.45, 7) is 3.22. The van der Waals surface area contributed by atoms with E-state index in [0.29, 0.717) is 5.33 Å². The lowest BCUT2D eigenvalue weighted by atomic mass is 10.1. The molecule has 0 amide bonds. The van der Waals surface area contributed by atoms with Crippen molar-refractivity contribution in [1.29, 1.82) is 0 Å². The molecule has 1 aromatic rings. The molecule has 0 unspecified atom stereocenters. The number of hydrogen-bond donors (Lipinski definition) is 1. The van der Waals surface area contributed by atoms with E-state index in [0.717, 1.165) is 24.5 Å². The van der Waals surface area contributed by atoms with Crippen LogP contribution in [0.1, 0.15) is 13.8 Å². The summed E-state index contributed by atoms with van der Waals surface area (Å²) < 4.78 is 63.1. The van der Waals surface area contributed by atoms with E-state index in [2.05, 4.69) is 20.7 Å². The third-order valence-corrected chi connectivity index (χ3v) is 6.59. The van der Waals surface area contributed by atoms with Gasteiger partial charge in [-0.1, -0.05) is 15.9 Å². The smallest absolute Gasteiger partial charge is 0.224 e. The Labute approximate surface area is 126 Å². The van der Waals surface area contributed by atoms with Crippen molar-refractivity contribution in [3.63, 3.8) is 0 Å². The van der Waals surface area contributed by atoms with Gasteiger partial charge >= 0.3 is 0 Å². The molecule has 0 saturated carbocycles. The highest BCUT2D eigenvalue weighted by Gasteiger charge is 2.28. The number of nitrogens with one attached hydrogen (secondary N) is 1. The lowest BCUT2D eigenvalue weighted by Crippen LogP contribution is -2.44. The Bertz CT molecular complexity index is 714. The Morgan fingerprint density at radius 2 is 1.80 bits per heavy atom. The van der Waals surface area contributed by atoms with Crippen LogP contribution in [0.5, 0.6) is 0 Å². The van der Waals surface area contributed by atoms with Gasteiger partial charge in [0.05, 0.1) is 4.90 Å². The molecule has 20 heavy (non-hydrogen) atoms. The molecule has 0 aliphatic rings. The van der Waals surface area contributed by atoms with Crippen LogP contribution in [0, 0.1) is 5.82 Å². The largest absolute Gasteiger partial charge is 0.244 e. The van der Waals surface area contributed by atoms with Gasteiger partial charge in [-0.15, -0.1) is 0 Å². The third kappa shape index (κ3) is 4.24. The number of sulfonamides is 1. The molecule has 1 rings (SSSR count). The van der Waals surface area contributed by atoms with Crippen molar-refractivity contribution < 1.29 is 21.2 Å². The summed E-state index contributed by atoms with van der Waals surface area (Å²) in [5.74, 6) is -1.00. The molecule has 0 saturated heterocycles. The highest BCUT2D eigenvalue weighted by molar-refractivity contribution is 9.09. The molecule has 9 heteroatoms. The van der Waals surface area contributed by atoms with Gasteiger partial charge in [-0.05, 0) is 32.0 Å². The van der Waals surface area contributed by atoms with E-state index in [9.17, 15) is 21.2 Å². The van der Waals surface area contributed by atoms with Crippen molar-refractivity contribution in [2.45, 2.75) is 29.2 Å². The van der Waals surface area contributed by atoms with Crippen molar-refractivity contribution >= 4 is 35.8 Å². The van der Waals surface area contributed by atoms with Crippen LogP contribution in [0.2, 0.25) is 0 Å².